The standard InChI is InChI=1S/C14H21NO10/c1-6(16)21-4-9-12(23-7(2)17)13(24-8(3)18)11(15)14(25-9)22-5-10(19)20/h9,11-14H,4-5,15H2,1-3H3,(H,19,20). The molecule has 3 N–H and O–H groups in total. The minimum atomic E-state index is -1.28. The predicted octanol–water partition coefficient (Wildman–Crippen LogP) is -1.43. The number of carboxylic acid groups (broad SMARTS) is 1. The number of aliphatic carboxylic acids is 1. The van der Waals surface area contributed by atoms with E-state index >= 15 is 0 Å². The molecule has 0 radical (unpaired) electrons. The maximum Gasteiger partial charge on any atom is 0.329 e. The smallest absolute Gasteiger partial charge is 0.329 e. The molecule has 1 heterocycles. The highest BCUT2D eigenvalue weighted by molar-refractivity contribution is 5.68. The van der Waals surface area contributed by atoms with Crippen molar-refractivity contribution in [3.8, 4) is 0 Å². The molecule has 11 heteroatoms. The third-order valence-electron chi connectivity index (χ3n) is 3.12. The van der Waals surface area contributed by atoms with Gasteiger partial charge in [-0.2, -0.15) is 0 Å². The number of carbonyl (C=O) groups excluding carboxylic acids is 3. The van der Waals surface area contributed by atoms with Crippen LogP contribution in [0.1, 0.15) is 20.8 Å². The zero-order chi connectivity index (χ0) is 19.1. The summed E-state index contributed by atoms with van der Waals surface area (Å²) in [5.41, 5.74) is 5.92. The molecule has 0 amide bonds. The maximum atomic E-state index is 11.4. The molecular formula is C14H21NO10. The van der Waals surface area contributed by atoms with Crippen LogP contribution in [0.3, 0.4) is 0 Å². The Morgan fingerprint density at radius 1 is 1.00 bits per heavy atom. The van der Waals surface area contributed by atoms with E-state index in [4.69, 9.17) is 34.5 Å². The Kier molecular flexibility index (Phi) is 7.74. The minimum Gasteiger partial charge on any atom is -0.480 e. The van der Waals surface area contributed by atoms with Gasteiger partial charge in [0.05, 0.1) is 6.04 Å². The van der Waals surface area contributed by atoms with E-state index in [0.717, 1.165) is 20.8 Å². The fourth-order valence-electron chi connectivity index (χ4n) is 2.24. The number of carboxylic acids is 1. The number of carbonyl (C=O) groups is 4. The van der Waals surface area contributed by atoms with Gasteiger partial charge in [0.2, 0.25) is 0 Å². The fourth-order valence-corrected chi connectivity index (χ4v) is 2.24. The summed E-state index contributed by atoms with van der Waals surface area (Å²) in [7, 11) is 0. The molecule has 5 unspecified atom stereocenters. The van der Waals surface area contributed by atoms with Crippen molar-refractivity contribution in [1.82, 2.24) is 0 Å². The van der Waals surface area contributed by atoms with Crippen molar-refractivity contribution in [2.24, 2.45) is 5.73 Å². The fraction of sp³-hybridized carbons (Fsp3) is 0.714. The van der Waals surface area contributed by atoms with Gasteiger partial charge in [-0.05, 0) is 0 Å². The molecule has 0 spiro atoms. The largest absolute Gasteiger partial charge is 0.480 e. The van der Waals surface area contributed by atoms with Gasteiger partial charge in [-0.25, -0.2) is 4.79 Å². The lowest BCUT2D eigenvalue weighted by atomic mass is 9.97. The topological polar surface area (TPSA) is 161 Å². The van der Waals surface area contributed by atoms with Crippen LogP contribution < -0.4 is 5.73 Å². The van der Waals surface area contributed by atoms with E-state index in [9.17, 15) is 19.2 Å². The van der Waals surface area contributed by atoms with Crippen LogP contribution in [0.2, 0.25) is 0 Å². The van der Waals surface area contributed by atoms with Crippen molar-refractivity contribution < 1.29 is 48.0 Å². The molecule has 5 atom stereocenters. The van der Waals surface area contributed by atoms with Crippen molar-refractivity contribution in [3.05, 3.63) is 0 Å². The van der Waals surface area contributed by atoms with Crippen molar-refractivity contribution in [2.75, 3.05) is 13.2 Å². The van der Waals surface area contributed by atoms with E-state index in [1.54, 1.807) is 0 Å². The second-order valence-electron chi connectivity index (χ2n) is 5.28. The summed E-state index contributed by atoms with van der Waals surface area (Å²) in [5, 5.41) is 8.71. The summed E-state index contributed by atoms with van der Waals surface area (Å²) in [6, 6.07) is -1.14. The zero-order valence-corrected chi connectivity index (χ0v) is 14.0. The predicted molar refractivity (Wildman–Crippen MR) is 78.0 cm³/mol. The van der Waals surface area contributed by atoms with Gasteiger partial charge in [0.15, 0.2) is 18.5 Å². The third-order valence-corrected chi connectivity index (χ3v) is 3.12. The van der Waals surface area contributed by atoms with Crippen LogP contribution in [0.15, 0.2) is 0 Å². The molecule has 0 saturated carbocycles. The Labute approximate surface area is 143 Å². The average Bonchev–Trinajstić information content (AvgIpc) is 2.47. The van der Waals surface area contributed by atoms with Gasteiger partial charge < -0.3 is 34.5 Å². The Balaban J connectivity index is 3.04. The number of nitrogens with two attached hydrogens (primary N) is 1. The molecule has 0 aromatic rings. The SMILES string of the molecule is CC(=O)OCC1OC(OCC(=O)O)C(N)C(OC(C)=O)C1OC(C)=O. The van der Waals surface area contributed by atoms with Crippen LogP contribution in [0.5, 0.6) is 0 Å². The van der Waals surface area contributed by atoms with Crippen LogP contribution >= 0.6 is 0 Å². The van der Waals surface area contributed by atoms with E-state index in [-0.39, 0.29) is 6.61 Å². The summed E-state index contributed by atoms with van der Waals surface area (Å²) in [6.45, 7) is 2.36. The Morgan fingerprint density at radius 3 is 2.04 bits per heavy atom. The van der Waals surface area contributed by atoms with Crippen molar-refractivity contribution in [1.29, 1.82) is 0 Å². The summed E-state index contributed by atoms with van der Waals surface area (Å²) in [5.74, 6) is -3.29. The summed E-state index contributed by atoms with van der Waals surface area (Å²) >= 11 is 0. The van der Waals surface area contributed by atoms with Crippen LogP contribution in [0, 0.1) is 0 Å². The lowest BCUT2D eigenvalue weighted by Crippen LogP contribution is -2.65. The molecule has 25 heavy (non-hydrogen) atoms. The lowest BCUT2D eigenvalue weighted by Gasteiger charge is -2.43. The van der Waals surface area contributed by atoms with Gasteiger partial charge in [0.1, 0.15) is 19.3 Å². The van der Waals surface area contributed by atoms with Crippen molar-refractivity contribution in [2.45, 2.75) is 51.4 Å². The van der Waals surface area contributed by atoms with Crippen LogP contribution in [-0.4, -0.2) is 72.8 Å². The molecule has 1 aliphatic rings. The number of hydrogen-bond donors (Lipinski definition) is 2. The van der Waals surface area contributed by atoms with Crippen molar-refractivity contribution >= 4 is 23.9 Å². The van der Waals surface area contributed by atoms with E-state index in [2.05, 4.69) is 0 Å². The molecular weight excluding hydrogens is 342 g/mol. The summed E-state index contributed by atoms with van der Waals surface area (Å²) in [4.78, 5) is 44.4. The van der Waals surface area contributed by atoms with Gasteiger partial charge in [0, 0.05) is 20.8 Å². The first-order chi connectivity index (χ1) is 11.6. The van der Waals surface area contributed by atoms with Gasteiger partial charge in [-0.1, -0.05) is 0 Å². The quantitative estimate of drug-likeness (QED) is 0.403. The average molecular weight is 363 g/mol. The summed E-state index contributed by atoms with van der Waals surface area (Å²) in [6.07, 6.45) is -4.71. The normalized spacial score (nSPS) is 28.7. The number of hydrogen-bond acceptors (Lipinski definition) is 10. The molecule has 142 valence electrons. The van der Waals surface area contributed by atoms with Gasteiger partial charge in [0.25, 0.3) is 0 Å². The first-order valence-corrected chi connectivity index (χ1v) is 7.34. The van der Waals surface area contributed by atoms with Crippen molar-refractivity contribution in [3.63, 3.8) is 0 Å². The first kappa shape index (κ1) is 20.8. The highest BCUT2D eigenvalue weighted by Crippen LogP contribution is 2.26. The highest BCUT2D eigenvalue weighted by atomic mass is 16.7. The van der Waals surface area contributed by atoms with E-state index in [1.807, 2.05) is 0 Å². The molecule has 1 saturated heterocycles. The van der Waals surface area contributed by atoms with Crippen LogP contribution in [0.4, 0.5) is 0 Å². The molecule has 0 aromatic heterocycles. The van der Waals surface area contributed by atoms with Crippen LogP contribution in [0.25, 0.3) is 0 Å². The van der Waals surface area contributed by atoms with E-state index in [1.165, 1.54) is 0 Å². The molecule has 0 aliphatic carbocycles. The number of rotatable bonds is 7. The molecule has 0 bridgehead atoms. The first-order valence-electron chi connectivity index (χ1n) is 7.34. The Hall–Kier alpha value is -2.24. The Morgan fingerprint density at radius 2 is 1.56 bits per heavy atom. The van der Waals surface area contributed by atoms with Crippen LogP contribution in [-0.2, 0) is 42.9 Å². The molecule has 1 rings (SSSR count). The second-order valence-corrected chi connectivity index (χ2v) is 5.28. The Bertz CT molecular complexity index is 522. The monoisotopic (exact) mass is 363 g/mol. The third kappa shape index (κ3) is 6.64. The van der Waals surface area contributed by atoms with E-state index in [0.29, 0.717) is 0 Å². The van der Waals surface area contributed by atoms with Gasteiger partial charge in [-0.15, -0.1) is 0 Å². The zero-order valence-electron chi connectivity index (χ0n) is 14.0. The molecule has 1 aliphatic heterocycles. The van der Waals surface area contributed by atoms with Gasteiger partial charge in [-0.3, -0.25) is 14.4 Å². The number of ether oxygens (including phenoxy) is 5. The van der Waals surface area contributed by atoms with E-state index < -0.39 is 61.1 Å². The van der Waals surface area contributed by atoms with Gasteiger partial charge >= 0.3 is 23.9 Å². The lowest BCUT2D eigenvalue weighted by molar-refractivity contribution is -0.273. The molecule has 0 aromatic carbocycles. The second kappa shape index (κ2) is 9.30. The molecule has 11 nitrogen and oxygen atoms in total. The summed E-state index contributed by atoms with van der Waals surface area (Å²) < 4.78 is 25.6. The number of esters is 3. The maximum absolute atomic E-state index is 11.4. The highest BCUT2D eigenvalue weighted by Gasteiger charge is 2.49. The minimum absolute atomic E-state index is 0.343. The molecule has 1 fully saturated rings.